The van der Waals surface area contributed by atoms with E-state index >= 15 is 0 Å². The Hall–Kier alpha value is -1.27. The third-order valence-corrected chi connectivity index (χ3v) is 2.70. The van der Waals surface area contributed by atoms with E-state index in [0.29, 0.717) is 18.1 Å². The van der Waals surface area contributed by atoms with Crippen molar-refractivity contribution < 1.29 is 9.13 Å². The molecule has 1 unspecified atom stereocenters. The minimum atomic E-state index is -0.497. The summed E-state index contributed by atoms with van der Waals surface area (Å²) < 4.78 is 18.8. The number of ether oxygens (including phenoxy) is 1. The second kappa shape index (κ2) is 4.71. The number of nitrogen functional groups attached to an aromatic ring is 1. The predicted octanol–water partition coefficient (Wildman–Crippen LogP) is 1.10. The number of rotatable bonds is 2. The molecule has 0 saturated carbocycles. The zero-order valence-corrected chi connectivity index (χ0v) is 9.16. The van der Waals surface area contributed by atoms with Crippen molar-refractivity contribution in [3.63, 3.8) is 0 Å². The van der Waals surface area contributed by atoms with Crippen LogP contribution in [0.5, 0.6) is 0 Å². The van der Waals surface area contributed by atoms with E-state index in [-0.39, 0.29) is 11.7 Å². The van der Waals surface area contributed by atoms with Gasteiger partial charge in [0.15, 0.2) is 11.6 Å². The summed E-state index contributed by atoms with van der Waals surface area (Å²) in [6.07, 6.45) is 1.95. The van der Waals surface area contributed by atoms with Crippen LogP contribution in [0.15, 0.2) is 0 Å². The molecule has 1 aliphatic heterocycles. The maximum atomic E-state index is 13.5. The molecule has 6 heteroatoms. The smallest absolute Gasteiger partial charge is 0.187 e. The van der Waals surface area contributed by atoms with Crippen molar-refractivity contribution in [2.75, 3.05) is 18.6 Å². The second-order valence-electron chi connectivity index (χ2n) is 3.89. The average molecular weight is 226 g/mol. The first kappa shape index (κ1) is 11.2. The molecule has 1 saturated heterocycles. The van der Waals surface area contributed by atoms with Crippen LogP contribution >= 0.6 is 0 Å². The number of nitrogens with zero attached hydrogens (tertiary/aromatic N) is 2. The molecule has 0 bridgehead atoms. The zero-order chi connectivity index (χ0) is 11.5. The van der Waals surface area contributed by atoms with Crippen LogP contribution in [-0.2, 0) is 4.74 Å². The summed E-state index contributed by atoms with van der Waals surface area (Å²) in [5, 5.41) is 0. The van der Waals surface area contributed by atoms with E-state index in [2.05, 4.69) is 15.4 Å². The molecule has 0 spiro atoms. The van der Waals surface area contributed by atoms with Crippen LogP contribution in [0.25, 0.3) is 0 Å². The Kier molecular flexibility index (Phi) is 3.31. The molecule has 2 rings (SSSR count). The molecule has 1 aromatic heterocycles. The van der Waals surface area contributed by atoms with Gasteiger partial charge in [-0.25, -0.2) is 20.2 Å². The van der Waals surface area contributed by atoms with E-state index in [4.69, 9.17) is 10.6 Å². The van der Waals surface area contributed by atoms with Crippen molar-refractivity contribution >= 4 is 5.82 Å². The largest absolute Gasteiger partial charge is 0.381 e. The normalized spacial score (nSPS) is 20.8. The SMILES string of the molecule is Cc1nc(C2CCCOC2)nc(NN)c1F. The van der Waals surface area contributed by atoms with E-state index in [1.807, 2.05) is 0 Å². The molecule has 0 aliphatic carbocycles. The maximum Gasteiger partial charge on any atom is 0.187 e. The fourth-order valence-electron chi connectivity index (χ4n) is 1.80. The van der Waals surface area contributed by atoms with E-state index < -0.39 is 5.82 Å². The van der Waals surface area contributed by atoms with Gasteiger partial charge in [-0.15, -0.1) is 0 Å². The molecule has 1 fully saturated rings. The molecular weight excluding hydrogens is 211 g/mol. The first-order valence-electron chi connectivity index (χ1n) is 5.30. The first-order chi connectivity index (χ1) is 7.72. The monoisotopic (exact) mass is 226 g/mol. The number of aryl methyl sites for hydroxylation is 1. The summed E-state index contributed by atoms with van der Waals surface area (Å²) >= 11 is 0. The number of hydrogen-bond acceptors (Lipinski definition) is 5. The molecule has 5 nitrogen and oxygen atoms in total. The highest BCUT2D eigenvalue weighted by molar-refractivity contribution is 5.37. The molecule has 0 radical (unpaired) electrons. The maximum absolute atomic E-state index is 13.5. The number of anilines is 1. The number of hydrazine groups is 1. The van der Waals surface area contributed by atoms with Gasteiger partial charge in [-0.1, -0.05) is 0 Å². The van der Waals surface area contributed by atoms with Gasteiger partial charge < -0.3 is 10.2 Å². The summed E-state index contributed by atoms with van der Waals surface area (Å²) in [6, 6.07) is 0. The van der Waals surface area contributed by atoms with Crippen LogP contribution in [0, 0.1) is 12.7 Å². The molecule has 1 aliphatic rings. The molecule has 1 atom stereocenters. The lowest BCUT2D eigenvalue weighted by atomic mass is 10.0. The molecule has 0 amide bonds. The Morgan fingerprint density at radius 1 is 1.50 bits per heavy atom. The van der Waals surface area contributed by atoms with Gasteiger partial charge in [0.2, 0.25) is 0 Å². The topological polar surface area (TPSA) is 73.1 Å². The van der Waals surface area contributed by atoms with Gasteiger partial charge in [0.1, 0.15) is 5.82 Å². The van der Waals surface area contributed by atoms with Crippen molar-refractivity contribution in [1.82, 2.24) is 9.97 Å². The van der Waals surface area contributed by atoms with Gasteiger partial charge in [-0.05, 0) is 19.8 Å². The van der Waals surface area contributed by atoms with Gasteiger partial charge in [0.25, 0.3) is 0 Å². The first-order valence-corrected chi connectivity index (χ1v) is 5.30. The van der Waals surface area contributed by atoms with Crippen LogP contribution in [0.1, 0.15) is 30.3 Å². The molecule has 2 heterocycles. The van der Waals surface area contributed by atoms with Gasteiger partial charge >= 0.3 is 0 Å². The zero-order valence-electron chi connectivity index (χ0n) is 9.16. The van der Waals surface area contributed by atoms with Crippen LogP contribution < -0.4 is 11.3 Å². The number of hydrogen-bond donors (Lipinski definition) is 2. The van der Waals surface area contributed by atoms with Crippen molar-refractivity contribution in [1.29, 1.82) is 0 Å². The molecular formula is C10H15FN4O. The third-order valence-electron chi connectivity index (χ3n) is 2.70. The van der Waals surface area contributed by atoms with E-state index in [9.17, 15) is 4.39 Å². The Morgan fingerprint density at radius 2 is 2.31 bits per heavy atom. The lowest BCUT2D eigenvalue weighted by Crippen LogP contribution is -2.20. The Morgan fingerprint density at radius 3 is 2.94 bits per heavy atom. The van der Waals surface area contributed by atoms with E-state index in [1.165, 1.54) is 0 Å². The molecule has 0 aromatic carbocycles. The number of aromatic nitrogens is 2. The summed E-state index contributed by atoms with van der Waals surface area (Å²) in [7, 11) is 0. The number of halogens is 1. The highest BCUT2D eigenvalue weighted by Gasteiger charge is 2.21. The van der Waals surface area contributed by atoms with Crippen LogP contribution in [0.4, 0.5) is 10.2 Å². The summed E-state index contributed by atoms with van der Waals surface area (Å²) in [6.45, 7) is 2.97. The van der Waals surface area contributed by atoms with Crippen molar-refractivity contribution in [3.8, 4) is 0 Å². The molecule has 1 aromatic rings. The van der Waals surface area contributed by atoms with Crippen molar-refractivity contribution in [3.05, 3.63) is 17.3 Å². The molecule has 88 valence electrons. The summed E-state index contributed by atoms with van der Waals surface area (Å²) in [5.74, 6) is 5.50. The molecule has 3 N–H and O–H groups in total. The highest BCUT2D eigenvalue weighted by Crippen LogP contribution is 2.24. The number of nitrogens with two attached hydrogens (primary N) is 1. The van der Waals surface area contributed by atoms with Crippen molar-refractivity contribution in [2.24, 2.45) is 5.84 Å². The Bertz CT molecular complexity index is 379. The summed E-state index contributed by atoms with van der Waals surface area (Å²) in [5.41, 5.74) is 2.56. The summed E-state index contributed by atoms with van der Waals surface area (Å²) in [4.78, 5) is 8.22. The fraction of sp³-hybridized carbons (Fsp3) is 0.600. The van der Waals surface area contributed by atoms with Crippen LogP contribution in [-0.4, -0.2) is 23.2 Å². The molecule has 16 heavy (non-hydrogen) atoms. The van der Waals surface area contributed by atoms with Crippen LogP contribution in [0.2, 0.25) is 0 Å². The average Bonchev–Trinajstić information content (AvgIpc) is 2.33. The minimum absolute atomic E-state index is 0.0491. The third kappa shape index (κ3) is 2.12. The van der Waals surface area contributed by atoms with E-state index in [0.717, 1.165) is 19.4 Å². The predicted molar refractivity (Wildman–Crippen MR) is 57.3 cm³/mol. The minimum Gasteiger partial charge on any atom is -0.381 e. The van der Waals surface area contributed by atoms with Gasteiger partial charge in [-0.2, -0.15) is 0 Å². The fourth-order valence-corrected chi connectivity index (χ4v) is 1.80. The van der Waals surface area contributed by atoms with Gasteiger partial charge in [-0.3, -0.25) is 0 Å². The van der Waals surface area contributed by atoms with Gasteiger partial charge in [0, 0.05) is 12.5 Å². The lowest BCUT2D eigenvalue weighted by molar-refractivity contribution is 0.0780. The Balaban J connectivity index is 2.29. The lowest BCUT2D eigenvalue weighted by Gasteiger charge is -2.21. The quantitative estimate of drug-likeness (QED) is 0.583. The number of nitrogens with one attached hydrogen (secondary N) is 1. The van der Waals surface area contributed by atoms with Crippen molar-refractivity contribution in [2.45, 2.75) is 25.7 Å². The van der Waals surface area contributed by atoms with E-state index in [1.54, 1.807) is 6.92 Å². The standard InChI is InChI=1S/C10H15FN4O/c1-6-8(11)10(15-12)14-9(13-6)7-3-2-4-16-5-7/h7H,2-5,12H2,1H3,(H,13,14,15). The Labute approximate surface area is 93.2 Å². The van der Waals surface area contributed by atoms with Crippen LogP contribution in [0.3, 0.4) is 0 Å². The van der Waals surface area contributed by atoms with Gasteiger partial charge in [0.05, 0.1) is 12.3 Å². The highest BCUT2D eigenvalue weighted by atomic mass is 19.1. The second-order valence-corrected chi connectivity index (χ2v) is 3.89.